The topological polar surface area (TPSA) is 103 Å². The Bertz CT molecular complexity index is 1330. The maximum atomic E-state index is 12.3. The van der Waals surface area contributed by atoms with Gasteiger partial charge in [0.1, 0.15) is 4.21 Å². The highest BCUT2D eigenvalue weighted by atomic mass is 79.9. The van der Waals surface area contributed by atoms with E-state index in [1.807, 2.05) is 18.2 Å². The number of H-pyrrole nitrogens is 1. The van der Waals surface area contributed by atoms with Gasteiger partial charge < -0.3 is 4.98 Å². The van der Waals surface area contributed by atoms with Crippen LogP contribution >= 0.6 is 27.3 Å². The first kappa shape index (κ1) is 20.3. The van der Waals surface area contributed by atoms with Gasteiger partial charge in [0.05, 0.1) is 6.21 Å². The molecule has 10 heteroatoms. The molecule has 2 aromatic heterocycles. The van der Waals surface area contributed by atoms with Gasteiger partial charge in [-0.25, -0.2) is 13.8 Å². The van der Waals surface area contributed by atoms with Gasteiger partial charge in [0.25, 0.3) is 15.9 Å². The molecular formula is C20H15BrN4O3S2. The number of carbonyl (C=O) groups is 1. The number of aromatic nitrogens is 1. The summed E-state index contributed by atoms with van der Waals surface area (Å²) in [6.45, 7) is 0. The molecule has 0 aliphatic carbocycles. The van der Waals surface area contributed by atoms with Gasteiger partial charge in [-0.05, 0) is 53.9 Å². The van der Waals surface area contributed by atoms with Crippen molar-refractivity contribution in [3.8, 4) is 0 Å². The van der Waals surface area contributed by atoms with Gasteiger partial charge in [-0.2, -0.15) is 5.10 Å². The van der Waals surface area contributed by atoms with E-state index in [0.29, 0.717) is 11.3 Å². The van der Waals surface area contributed by atoms with E-state index in [-0.39, 0.29) is 4.21 Å². The number of halogens is 1. The van der Waals surface area contributed by atoms with E-state index in [2.05, 4.69) is 36.2 Å². The lowest BCUT2D eigenvalue weighted by molar-refractivity contribution is 0.0955. The number of thiophene rings is 1. The largest absolute Gasteiger partial charge is 0.361 e. The molecule has 30 heavy (non-hydrogen) atoms. The van der Waals surface area contributed by atoms with Gasteiger partial charge >= 0.3 is 0 Å². The molecule has 0 fully saturated rings. The molecule has 1 amide bonds. The number of sulfonamides is 1. The van der Waals surface area contributed by atoms with E-state index in [9.17, 15) is 13.2 Å². The molecule has 2 aromatic carbocycles. The van der Waals surface area contributed by atoms with Crippen molar-refractivity contribution in [2.24, 2.45) is 5.10 Å². The van der Waals surface area contributed by atoms with Gasteiger partial charge in [0, 0.05) is 38.4 Å². The number of hydrazone groups is 1. The maximum absolute atomic E-state index is 12.3. The standard InChI is InChI=1S/C20H15BrN4O3S2/c21-15-5-8-18-17(10-15)14(11-22-18)12-23-24-20(26)13-3-6-16(7-4-13)25-30(27,28)19-2-1-9-29-19/h1-12,22,25H,(H,24,26). The number of nitrogens with one attached hydrogen (secondary N) is 3. The number of nitrogens with zero attached hydrogens (tertiary/aromatic N) is 1. The van der Waals surface area contributed by atoms with Crippen LogP contribution in [0.15, 0.2) is 80.0 Å². The Hall–Kier alpha value is -2.95. The normalized spacial score (nSPS) is 11.8. The zero-order valence-corrected chi connectivity index (χ0v) is 18.5. The fourth-order valence-corrected chi connectivity index (χ4v) is 5.17. The van der Waals surface area contributed by atoms with Crippen LogP contribution in [0.2, 0.25) is 0 Å². The number of anilines is 1. The molecule has 0 unspecified atom stereocenters. The van der Waals surface area contributed by atoms with E-state index in [4.69, 9.17) is 0 Å². The minimum absolute atomic E-state index is 0.225. The van der Waals surface area contributed by atoms with Crippen molar-refractivity contribution < 1.29 is 13.2 Å². The first-order chi connectivity index (χ1) is 14.4. The van der Waals surface area contributed by atoms with Crippen molar-refractivity contribution in [2.45, 2.75) is 4.21 Å². The molecule has 7 nitrogen and oxygen atoms in total. The summed E-state index contributed by atoms with van der Waals surface area (Å²) < 4.78 is 28.1. The molecule has 152 valence electrons. The Labute approximate surface area is 185 Å². The van der Waals surface area contributed by atoms with E-state index >= 15 is 0 Å². The molecule has 0 saturated heterocycles. The third-order valence-electron chi connectivity index (χ3n) is 4.20. The third-order valence-corrected chi connectivity index (χ3v) is 7.48. The minimum atomic E-state index is -3.63. The number of rotatable bonds is 6. The summed E-state index contributed by atoms with van der Waals surface area (Å²) in [4.78, 5) is 15.4. The number of amides is 1. The Morgan fingerprint density at radius 3 is 2.67 bits per heavy atom. The molecule has 0 spiro atoms. The molecule has 4 aromatic rings. The first-order valence-corrected chi connectivity index (χ1v) is 11.8. The fourth-order valence-electron chi connectivity index (χ4n) is 2.76. The summed E-state index contributed by atoms with van der Waals surface area (Å²) in [6.07, 6.45) is 3.37. The van der Waals surface area contributed by atoms with Crippen LogP contribution in [0.4, 0.5) is 5.69 Å². The Balaban J connectivity index is 1.41. The molecule has 0 aliphatic heterocycles. The molecular weight excluding hydrogens is 488 g/mol. The second-order valence-electron chi connectivity index (χ2n) is 6.25. The molecule has 3 N–H and O–H groups in total. The summed E-state index contributed by atoms with van der Waals surface area (Å²) in [5.41, 5.74) is 5.00. The Morgan fingerprint density at radius 1 is 1.13 bits per heavy atom. The average Bonchev–Trinajstić information content (AvgIpc) is 3.39. The van der Waals surface area contributed by atoms with Crippen molar-refractivity contribution in [3.63, 3.8) is 0 Å². The van der Waals surface area contributed by atoms with E-state index < -0.39 is 15.9 Å². The summed E-state index contributed by atoms with van der Waals surface area (Å²) >= 11 is 4.57. The van der Waals surface area contributed by atoms with Gasteiger partial charge in [-0.1, -0.05) is 22.0 Å². The van der Waals surface area contributed by atoms with E-state index in [0.717, 1.165) is 32.3 Å². The van der Waals surface area contributed by atoms with Crippen LogP contribution < -0.4 is 10.1 Å². The SMILES string of the molecule is O=C(NN=Cc1c[nH]c2ccc(Br)cc12)c1ccc(NS(=O)(=O)c2cccs2)cc1. The monoisotopic (exact) mass is 502 g/mol. The predicted octanol–water partition coefficient (Wildman–Crippen LogP) is 4.56. The lowest BCUT2D eigenvalue weighted by Crippen LogP contribution is -2.17. The highest BCUT2D eigenvalue weighted by Crippen LogP contribution is 2.22. The van der Waals surface area contributed by atoms with Crippen LogP contribution in [0.3, 0.4) is 0 Å². The van der Waals surface area contributed by atoms with Crippen LogP contribution in [0.5, 0.6) is 0 Å². The van der Waals surface area contributed by atoms with Gasteiger partial charge in [0.2, 0.25) is 0 Å². The Kier molecular flexibility index (Phi) is 5.71. The predicted molar refractivity (Wildman–Crippen MR) is 123 cm³/mol. The molecule has 4 rings (SSSR count). The highest BCUT2D eigenvalue weighted by Gasteiger charge is 2.15. The molecule has 0 aliphatic rings. The lowest BCUT2D eigenvalue weighted by Gasteiger charge is -2.07. The number of aromatic amines is 1. The number of benzene rings is 2. The van der Waals surface area contributed by atoms with E-state index in [1.165, 1.54) is 30.3 Å². The molecule has 0 bridgehead atoms. The molecule has 0 atom stereocenters. The molecule has 0 saturated carbocycles. The Morgan fingerprint density at radius 2 is 1.93 bits per heavy atom. The van der Waals surface area contributed by atoms with Crippen molar-refractivity contribution >= 4 is 66.0 Å². The minimum Gasteiger partial charge on any atom is -0.361 e. The summed E-state index contributed by atoms with van der Waals surface area (Å²) in [7, 11) is -3.63. The second-order valence-corrected chi connectivity index (χ2v) is 10.0. The van der Waals surface area contributed by atoms with Crippen LogP contribution in [0, 0.1) is 0 Å². The fraction of sp³-hybridized carbons (Fsp3) is 0. The van der Waals surface area contributed by atoms with Crippen LogP contribution in [0.1, 0.15) is 15.9 Å². The van der Waals surface area contributed by atoms with E-state index in [1.54, 1.807) is 23.9 Å². The highest BCUT2D eigenvalue weighted by molar-refractivity contribution is 9.10. The van der Waals surface area contributed by atoms with Crippen molar-refractivity contribution in [2.75, 3.05) is 4.72 Å². The number of hydrogen-bond donors (Lipinski definition) is 3. The lowest BCUT2D eigenvalue weighted by atomic mass is 10.2. The van der Waals surface area contributed by atoms with Gasteiger partial charge in [0.15, 0.2) is 0 Å². The number of carbonyl (C=O) groups excluding carboxylic acids is 1. The van der Waals surface area contributed by atoms with Crippen LogP contribution in [-0.2, 0) is 10.0 Å². The number of hydrogen-bond acceptors (Lipinski definition) is 5. The zero-order chi connectivity index (χ0) is 21.1. The number of fused-ring (bicyclic) bond motifs is 1. The third kappa shape index (κ3) is 4.45. The molecule has 0 radical (unpaired) electrons. The van der Waals surface area contributed by atoms with Crippen molar-refractivity contribution in [1.29, 1.82) is 0 Å². The van der Waals surface area contributed by atoms with Crippen LogP contribution in [0.25, 0.3) is 10.9 Å². The first-order valence-electron chi connectivity index (χ1n) is 8.69. The van der Waals surface area contributed by atoms with Crippen LogP contribution in [-0.4, -0.2) is 25.5 Å². The van der Waals surface area contributed by atoms with Gasteiger partial charge in [-0.3, -0.25) is 9.52 Å². The smallest absolute Gasteiger partial charge is 0.271 e. The van der Waals surface area contributed by atoms with Crippen molar-refractivity contribution in [3.05, 3.63) is 81.8 Å². The quantitative estimate of drug-likeness (QED) is 0.266. The zero-order valence-electron chi connectivity index (χ0n) is 15.3. The maximum Gasteiger partial charge on any atom is 0.271 e. The van der Waals surface area contributed by atoms with Gasteiger partial charge in [-0.15, -0.1) is 11.3 Å². The second kappa shape index (κ2) is 8.42. The summed E-state index contributed by atoms with van der Waals surface area (Å²) in [5, 5.41) is 6.68. The summed E-state index contributed by atoms with van der Waals surface area (Å²) in [5.74, 6) is -0.403. The molecule has 2 heterocycles. The summed E-state index contributed by atoms with van der Waals surface area (Å²) in [6, 6.07) is 15.2. The average molecular weight is 503 g/mol. The van der Waals surface area contributed by atoms with Crippen molar-refractivity contribution in [1.82, 2.24) is 10.4 Å².